The predicted octanol–water partition coefficient (Wildman–Crippen LogP) is 4.38. The molecule has 0 aromatic carbocycles. The lowest BCUT2D eigenvalue weighted by atomic mass is 9.80. The van der Waals surface area contributed by atoms with Crippen LogP contribution in [0.1, 0.15) is 75.2 Å². The zero-order chi connectivity index (χ0) is 32.1. The van der Waals surface area contributed by atoms with Gasteiger partial charge in [0.25, 0.3) is 5.91 Å². The molecule has 0 aliphatic heterocycles. The average Bonchev–Trinajstić information content (AvgIpc) is 3.41. The van der Waals surface area contributed by atoms with Crippen LogP contribution in [0.3, 0.4) is 0 Å². The van der Waals surface area contributed by atoms with Crippen molar-refractivity contribution in [3.05, 3.63) is 47.8 Å². The van der Waals surface area contributed by atoms with Gasteiger partial charge >= 0.3 is 12.2 Å². The van der Waals surface area contributed by atoms with Gasteiger partial charge in [-0.05, 0) is 89.5 Å². The molecule has 2 aliphatic rings. The molecule has 13 nitrogen and oxygen atoms in total. The maximum Gasteiger partial charge on any atom is 0.407 e. The highest BCUT2D eigenvalue weighted by Gasteiger charge is 2.31. The van der Waals surface area contributed by atoms with Crippen LogP contribution in [0.2, 0.25) is 0 Å². The quantitative estimate of drug-likeness (QED) is 0.287. The van der Waals surface area contributed by atoms with Crippen molar-refractivity contribution in [1.82, 2.24) is 30.5 Å². The molecule has 5 rings (SSSR count). The summed E-state index contributed by atoms with van der Waals surface area (Å²) in [4.78, 5) is 41.9. The molecule has 0 spiro atoms. The summed E-state index contributed by atoms with van der Waals surface area (Å²) in [6.07, 6.45) is 6.78. The molecule has 13 heteroatoms. The average molecular weight is 617 g/mol. The Kier molecular flexibility index (Phi) is 9.41. The zero-order valence-electron chi connectivity index (χ0n) is 26.1. The van der Waals surface area contributed by atoms with Crippen molar-refractivity contribution in [2.24, 2.45) is 5.92 Å². The Morgan fingerprint density at radius 1 is 1.00 bits per heavy atom. The van der Waals surface area contributed by atoms with E-state index in [1.807, 2.05) is 39.0 Å². The second-order valence-electron chi connectivity index (χ2n) is 12.7. The molecule has 3 aromatic heterocycles. The number of carbonyl (C=O) groups excluding carboxylic acids is 3. The summed E-state index contributed by atoms with van der Waals surface area (Å²) in [5.74, 6) is 0.0814. The molecule has 45 heavy (non-hydrogen) atoms. The molecule has 3 amide bonds. The molecule has 0 bridgehead atoms. The largest absolute Gasteiger partial charge is 0.453 e. The first-order valence-electron chi connectivity index (χ1n) is 15.3. The Bertz CT molecular complexity index is 1590. The van der Waals surface area contributed by atoms with Gasteiger partial charge in [-0.1, -0.05) is 0 Å². The number of fused-ring (bicyclic) bond motifs is 1. The summed E-state index contributed by atoms with van der Waals surface area (Å²) < 4.78 is 11.8. The molecule has 2 saturated carbocycles. The minimum Gasteiger partial charge on any atom is -0.453 e. The van der Waals surface area contributed by atoms with Gasteiger partial charge in [0.05, 0.1) is 47.0 Å². The van der Waals surface area contributed by atoms with Gasteiger partial charge in [0, 0.05) is 30.9 Å². The van der Waals surface area contributed by atoms with Crippen LogP contribution in [0.25, 0.3) is 16.9 Å². The van der Waals surface area contributed by atoms with Gasteiger partial charge < -0.3 is 30.7 Å². The number of amides is 3. The first-order chi connectivity index (χ1) is 21.5. The van der Waals surface area contributed by atoms with E-state index >= 15 is 0 Å². The first kappa shape index (κ1) is 31.6. The van der Waals surface area contributed by atoms with Crippen molar-refractivity contribution in [1.29, 1.82) is 5.26 Å². The minimum absolute atomic E-state index is 0.00105. The fraction of sp³-hybridized carbons (Fsp3) is 0.500. The molecule has 3 aromatic rings. The summed E-state index contributed by atoms with van der Waals surface area (Å²) in [7, 11) is 1.34. The maximum absolute atomic E-state index is 13.6. The molecular formula is C32H40N8O5. The Hall–Kier alpha value is -4.86. The molecule has 0 unspecified atom stereocenters. The molecule has 0 saturated heterocycles. The van der Waals surface area contributed by atoms with Gasteiger partial charge in [-0.25, -0.2) is 14.1 Å². The lowest BCUT2D eigenvalue weighted by Gasteiger charge is -2.37. The van der Waals surface area contributed by atoms with E-state index in [1.54, 1.807) is 16.8 Å². The molecule has 4 N–H and O–H groups in total. The number of nitriles is 1. The number of rotatable bonds is 8. The summed E-state index contributed by atoms with van der Waals surface area (Å²) >= 11 is 0. The van der Waals surface area contributed by atoms with E-state index in [1.165, 1.54) is 13.3 Å². The lowest BCUT2D eigenvalue weighted by Crippen LogP contribution is -2.45. The Balaban J connectivity index is 1.28. The fourth-order valence-corrected chi connectivity index (χ4v) is 5.81. The monoisotopic (exact) mass is 616 g/mol. The number of anilines is 1. The number of alkyl carbamates (subject to hydrolysis) is 2. The molecule has 0 radical (unpaired) electrons. The highest BCUT2D eigenvalue weighted by molar-refractivity contribution is 6.00. The summed E-state index contributed by atoms with van der Waals surface area (Å²) in [6, 6.07) is 9.56. The van der Waals surface area contributed by atoms with Gasteiger partial charge in [0.2, 0.25) is 0 Å². The number of ether oxygens (including phenoxy) is 2. The highest BCUT2D eigenvalue weighted by atomic mass is 16.6. The van der Waals surface area contributed by atoms with Crippen LogP contribution in [0, 0.1) is 17.2 Å². The third-order valence-corrected chi connectivity index (χ3v) is 8.14. The van der Waals surface area contributed by atoms with Crippen molar-refractivity contribution >= 4 is 29.3 Å². The van der Waals surface area contributed by atoms with Crippen LogP contribution in [0.15, 0.2) is 36.7 Å². The van der Waals surface area contributed by atoms with Gasteiger partial charge in [-0.2, -0.15) is 10.4 Å². The van der Waals surface area contributed by atoms with Crippen LogP contribution in [-0.2, 0) is 9.47 Å². The van der Waals surface area contributed by atoms with Crippen LogP contribution >= 0.6 is 0 Å². The number of nitrogens with zero attached hydrogens (tertiary/aromatic N) is 4. The highest BCUT2D eigenvalue weighted by Crippen LogP contribution is 2.33. The minimum atomic E-state index is -0.559. The molecule has 2 fully saturated rings. The molecule has 3 heterocycles. The van der Waals surface area contributed by atoms with E-state index in [9.17, 15) is 19.6 Å². The van der Waals surface area contributed by atoms with E-state index in [2.05, 4.69) is 42.2 Å². The van der Waals surface area contributed by atoms with E-state index in [-0.39, 0.29) is 24.0 Å². The van der Waals surface area contributed by atoms with E-state index < -0.39 is 17.8 Å². The smallest absolute Gasteiger partial charge is 0.407 e. The Labute approximate surface area is 262 Å². The molecular weight excluding hydrogens is 576 g/mol. The number of pyridine rings is 1. The normalized spacial score (nSPS) is 21.1. The predicted molar refractivity (Wildman–Crippen MR) is 167 cm³/mol. The third kappa shape index (κ3) is 8.00. The standard InChI is InChI=1S/C32H40N8O5/c1-32(2,3)45-31(43)39-22-7-5-21(6-8-22)38-29(41)25-18-34-27(28-10-9-24-13-20(15-33)17-36-40(24)28)14-26(25)37-23-11-19(12-23)16-35-30(42)44-4/h9-10,13-14,17-19,21-23H,5-8,11-12,16H2,1-4H3,(H,34,37)(H,35,42)(H,38,41)(H,39,43)/t19-,21-,22-,23-. The van der Waals surface area contributed by atoms with Gasteiger partial charge in [0.1, 0.15) is 11.7 Å². The van der Waals surface area contributed by atoms with Crippen LogP contribution < -0.4 is 21.3 Å². The van der Waals surface area contributed by atoms with Crippen molar-refractivity contribution < 1.29 is 23.9 Å². The topological polar surface area (TPSA) is 172 Å². The third-order valence-electron chi connectivity index (χ3n) is 8.14. The first-order valence-corrected chi connectivity index (χ1v) is 15.3. The molecule has 238 valence electrons. The van der Waals surface area contributed by atoms with Crippen molar-refractivity contribution in [3.63, 3.8) is 0 Å². The number of hydrogen-bond donors (Lipinski definition) is 4. The van der Waals surface area contributed by atoms with Crippen molar-refractivity contribution in [3.8, 4) is 17.5 Å². The number of methoxy groups -OCH3 is 1. The van der Waals surface area contributed by atoms with Crippen molar-refractivity contribution in [2.45, 2.75) is 83.0 Å². The second kappa shape index (κ2) is 13.4. The number of carbonyl (C=O) groups is 3. The van der Waals surface area contributed by atoms with E-state index in [0.29, 0.717) is 35.0 Å². The van der Waals surface area contributed by atoms with Crippen LogP contribution in [0.5, 0.6) is 0 Å². The number of aromatic nitrogens is 3. The Morgan fingerprint density at radius 2 is 1.71 bits per heavy atom. The van der Waals surface area contributed by atoms with Gasteiger partial charge in [-0.15, -0.1) is 0 Å². The zero-order valence-corrected chi connectivity index (χ0v) is 26.1. The SMILES string of the molecule is COC(=O)NC[C@H]1C[C@H](Nc2cc(-c3ccc4cc(C#N)cnn34)ncc2C(=O)N[C@H]2CC[C@H](NC(=O)OC(C)(C)C)CC2)C1. The molecule has 2 aliphatic carbocycles. The number of hydrogen-bond acceptors (Lipinski definition) is 9. The van der Waals surface area contributed by atoms with Gasteiger partial charge in [0.15, 0.2) is 0 Å². The fourth-order valence-electron chi connectivity index (χ4n) is 5.81. The van der Waals surface area contributed by atoms with Crippen molar-refractivity contribution in [2.75, 3.05) is 19.0 Å². The lowest BCUT2D eigenvalue weighted by molar-refractivity contribution is 0.0487. The summed E-state index contributed by atoms with van der Waals surface area (Å²) in [5, 5.41) is 26.0. The van der Waals surface area contributed by atoms with Gasteiger partial charge in [-0.3, -0.25) is 9.78 Å². The van der Waals surface area contributed by atoms with Crippen LogP contribution in [0.4, 0.5) is 15.3 Å². The summed E-state index contributed by atoms with van der Waals surface area (Å²) in [6.45, 7) is 6.02. The second-order valence-corrected chi connectivity index (χ2v) is 12.7. The van der Waals surface area contributed by atoms with E-state index in [0.717, 1.165) is 49.7 Å². The maximum atomic E-state index is 13.6. The Morgan fingerprint density at radius 3 is 2.38 bits per heavy atom. The van der Waals surface area contributed by atoms with E-state index in [4.69, 9.17) is 4.74 Å². The van der Waals surface area contributed by atoms with Crippen LogP contribution in [-0.4, -0.2) is 70.1 Å². The number of nitrogens with one attached hydrogen (secondary N) is 4. The molecule has 0 atom stereocenters. The summed E-state index contributed by atoms with van der Waals surface area (Å²) in [5.41, 5.74) is 3.12.